The van der Waals surface area contributed by atoms with Crippen LogP contribution in [0.4, 0.5) is 5.69 Å². The molecule has 1 unspecified atom stereocenters. The fourth-order valence-corrected chi connectivity index (χ4v) is 1.06. The highest BCUT2D eigenvalue weighted by atomic mass is 14.7. The minimum atomic E-state index is 0. The van der Waals surface area contributed by atoms with E-state index in [1.807, 2.05) is 18.2 Å². The molecule has 3 heteroatoms. The molecule has 10 heavy (non-hydrogen) atoms. The van der Waals surface area contributed by atoms with E-state index in [1.165, 1.54) is 11.1 Å². The van der Waals surface area contributed by atoms with Crippen LogP contribution in [0.1, 0.15) is 17.2 Å². The fourth-order valence-electron chi connectivity index (χ4n) is 1.06. The second kappa shape index (κ2) is 1.97. The van der Waals surface area contributed by atoms with Crippen LogP contribution in [-0.4, -0.2) is 0 Å². The topological polar surface area (TPSA) is 87.0 Å². The van der Waals surface area contributed by atoms with Crippen molar-refractivity contribution in [2.24, 2.45) is 5.73 Å². The van der Waals surface area contributed by atoms with Gasteiger partial charge in [-0.25, -0.2) is 0 Å². The van der Waals surface area contributed by atoms with Gasteiger partial charge in [-0.3, -0.25) is 0 Å². The molecule has 7 N–H and O–H groups in total. The summed E-state index contributed by atoms with van der Waals surface area (Å²) in [6.45, 7) is 0. The largest absolute Gasteiger partial charge is 0.399 e. The monoisotopic (exact) mass is 137 g/mol. The molecule has 1 aromatic carbocycles. The van der Waals surface area contributed by atoms with Gasteiger partial charge in [0.25, 0.3) is 0 Å². The highest BCUT2D eigenvalue weighted by molar-refractivity contribution is 5.58. The number of nitrogen functional groups attached to an aromatic ring is 1. The lowest BCUT2D eigenvalue weighted by molar-refractivity contribution is 1.07. The second-order valence-corrected chi connectivity index (χ2v) is 2.37. The molecule has 0 amide bonds. The Morgan fingerprint density at radius 2 is 1.90 bits per heavy atom. The molecule has 0 aliphatic heterocycles. The Morgan fingerprint density at radius 1 is 1.20 bits per heavy atom. The van der Waals surface area contributed by atoms with Crippen molar-refractivity contribution < 1.29 is 0 Å². The van der Waals surface area contributed by atoms with Crippen molar-refractivity contribution in [2.45, 2.75) is 6.04 Å². The Kier molecular flexibility index (Phi) is 1.39. The quantitative estimate of drug-likeness (QED) is 0.462. The van der Waals surface area contributed by atoms with Crippen molar-refractivity contribution in [1.82, 2.24) is 6.15 Å². The number of hydrogen-bond acceptors (Lipinski definition) is 3. The molecule has 0 radical (unpaired) electrons. The number of anilines is 1. The molecular formula is C7H11N3. The van der Waals surface area contributed by atoms with Crippen LogP contribution in [-0.2, 0) is 0 Å². The summed E-state index contributed by atoms with van der Waals surface area (Å²) in [7, 11) is 0. The maximum absolute atomic E-state index is 5.61. The van der Waals surface area contributed by atoms with Gasteiger partial charge >= 0.3 is 0 Å². The van der Waals surface area contributed by atoms with Gasteiger partial charge < -0.3 is 17.6 Å². The van der Waals surface area contributed by atoms with E-state index in [0.29, 0.717) is 0 Å². The summed E-state index contributed by atoms with van der Waals surface area (Å²) in [4.78, 5) is 0. The molecule has 0 aromatic heterocycles. The van der Waals surface area contributed by atoms with Gasteiger partial charge in [0, 0.05) is 5.69 Å². The average molecular weight is 137 g/mol. The van der Waals surface area contributed by atoms with Gasteiger partial charge in [-0.05, 0) is 23.3 Å². The third kappa shape index (κ3) is 0.761. The standard InChI is InChI=1S/C7H8N2.H3N/c8-4-1-2-5-6(3-4)7(5)9;/h1-3,7H,8-9H2;1H3. The molecule has 1 aliphatic rings. The highest BCUT2D eigenvalue weighted by Gasteiger charge is 2.27. The molecule has 1 aromatic rings. The highest BCUT2D eigenvalue weighted by Crippen LogP contribution is 2.39. The Balaban J connectivity index is 0.000000500. The first-order valence-corrected chi connectivity index (χ1v) is 2.94. The van der Waals surface area contributed by atoms with Crippen molar-refractivity contribution in [2.75, 3.05) is 5.73 Å². The van der Waals surface area contributed by atoms with E-state index in [9.17, 15) is 0 Å². The zero-order valence-corrected chi connectivity index (χ0v) is 5.67. The normalized spacial score (nSPS) is 19.1. The van der Waals surface area contributed by atoms with E-state index in [1.54, 1.807) is 0 Å². The first-order chi connectivity index (χ1) is 4.29. The van der Waals surface area contributed by atoms with Crippen LogP contribution in [0.2, 0.25) is 0 Å². The van der Waals surface area contributed by atoms with Crippen LogP contribution < -0.4 is 17.6 Å². The Morgan fingerprint density at radius 3 is 2.40 bits per heavy atom. The fraction of sp³-hybridized carbons (Fsp3) is 0.143. The SMILES string of the molecule is N.Nc1ccc2c(c1)C2N. The maximum Gasteiger partial charge on any atom is 0.0559 e. The van der Waals surface area contributed by atoms with E-state index >= 15 is 0 Å². The number of rotatable bonds is 0. The summed E-state index contributed by atoms with van der Waals surface area (Å²) in [5.74, 6) is 0. The summed E-state index contributed by atoms with van der Waals surface area (Å²) in [5.41, 5.74) is 14.4. The van der Waals surface area contributed by atoms with Crippen LogP contribution in [0, 0.1) is 0 Å². The molecule has 1 aliphatic carbocycles. The molecule has 0 saturated heterocycles. The zero-order valence-electron chi connectivity index (χ0n) is 5.67. The van der Waals surface area contributed by atoms with Crippen LogP contribution in [0.15, 0.2) is 18.2 Å². The molecule has 1 atom stereocenters. The lowest BCUT2D eigenvalue weighted by Gasteiger charge is -1.83. The molecule has 0 heterocycles. The van der Waals surface area contributed by atoms with Gasteiger partial charge in [0.15, 0.2) is 0 Å². The minimum absolute atomic E-state index is 0. The van der Waals surface area contributed by atoms with Gasteiger partial charge in [0.2, 0.25) is 0 Å². The van der Waals surface area contributed by atoms with Crippen molar-refractivity contribution in [3.8, 4) is 0 Å². The van der Waals surface area contributed by atoms with Crippen molar-refractivity contribution in [1.29, 1.82) is 0 Å². The Hall–Kier alpha value is -1.06. The number of fused-ring (bicyclic) bond motifs is 1. The molecule has 54 valence electrons. The van der Waals surface area contributed by atoms with E-state index in [2.05, 4.69) is 0 Å². The van der Waals surface area contributed by atoms with Crippen molar-refractivity contribution in [3.63, 3.8) is 0 Å². The van der Waals surface area contributed by atoms with E-state index in [0.717, 1.165) is 5.69 Å². The summed E-state index contributed by atoms with van der Waals surface area (Å²) < 4.78 is 0. The molecule has 0 spiro atoms. The average Bonchev–Trinajstić information content (AvgIpc) is 2.43. The minimum Gasteiger partial charge on any atom is -0.399 e. The molecular weight excluding hydrogens is 126 g/mol. The lowest BCUT2D eigenvalue weighted by Crippen LogP contribution is -1.87. The lowest BCUT2D eigenvalue weighted by atomic mass is 10.3. The predicted molar refractivity (Wildman–Crippen MR) is 41.9 cm³/mol. The second-order valence-electron chi connectivity index (χ2n) is 2.37. The van der Waals surface area contributed by atoms with Gasteiger partial charge in [-0.15, -0.1) is 0 Å². The molecule has 0 bridgehead atoms. The van der Waals surface area contributed by atoms with Crippen LogP contribution in [0.25, 0.3) is 0 Å². The number of hydrogen-bond donors (Lipinski definition) is 3. The summed E-state index contributed by atoms with van der Waals surface area (Å²) >= 11 is 0. The smallest absolute Gasteiger partial charge is 0.0559 e. The first kappa shape index (κ1) is 7.05. The first-order valence-electron chi connectivity index (χ1n) is 2.94. The Labute approximate surface area is 59.6 Å². The summed E-state index contributed by atoms with van der Waals surface area (Å²) in [5, 5.41) is 0. The number of nitrogens with two attached hydrogens (primary N) is 2. The van der Waals surface area contributed by atoms with Crippen molar-refractivity contribution in [3.05, 3.63) is 29.3 Å². The molecule has 0 fully saturated rings. The summed E-state index contributed by atoms with van der Waals surface area (Å²) in [6.07, 6.45) is 0. The van der Waals surface area contributed by atoms with Gasteiger partial charge in [-0.1, -0.05) is 6.07 Å². The van der Waals surface area contributed by atoms with E-state index in [4.69, 9.17) is 11.5 Å². The Bertz CT molecular complexity index is 257. The third-order valence-electron chi connectivity index (χ3n) is 1.70. The van der Waals surface area contributed by atoms with Crippen LogP contribution in [0.5, 0.6) is 0 Å². The number of benzene rings is 1. The third-order valence-corrected chi connectivity index (χ3v) is 1.70. The zero-order chi connectivity index (χ0) is 6.43. The van der Waals surface area contributed by atoms with Crippen LogP contribution in [0.3, 0.4) is 0 Å². The molecule has 2 rings (SSSR count). The maximum atomic E-state index is 5.61. The predicted octanol–water partition coefficient (Wildman–Crippen LogP) is 0.792. The molecule has 3 nitrogen and oxygen atoms in total. The van der Waals surface area contributed by atoms with Gasteiger partial charge in [0.05, 0.1) is 6.04 Å². The van der Waals surface area contributed by atoms with Crippen molar-refractivity contribution >= 4 is 5.69 Å². The summed E-state index contributed by atoms with van der Waals surface area (Å²) in [6, 6.07) is 5.98. The van der Waals surface area contributed by atoms with E-state index in [-0.39, 0.29) is 12.2 Å². The van der Waals surface area contributed by atoms with E-state index < -0.39 is 0 Å². The molecule has 0 saturated carbocycles. The van der Waals surface area contributed by atoms with Crippen LogP contribution >= 0.6 is 0 Å². The van der Waals surface area contributed by atoms with Gasteiger partial charge in [-0.2, -0.15) is 0 Å². The van der Waals surface area contributed by atoms with Gasteiger partial charge in [0.1, 0.15) is 0 Å².